The van der Waals surface area contributed by atoms with E-state index in [1.54, 1.807) is 19.1 Å². The van der Waals surface area contributed by atoms with Crippen LogP contribution in [0.1, 0.15) is 18.1 Å². The molecule has 0 bridgehead atoms. The van der Waals surface area contributed by atoms with Crippen LogP contribution in [0.3, 0.4) is 0 Å². The lowest BCUT2D eigenvalue weighted by atomic mass is 10.2. The Hall–Kier alpha value is -2.40. The summed E-state index contributed by atoms with van der Waals surface area (Å²) in [4.78, 5) is 11.2. The molecule has 0 aliphatic rings. The summed E-state index contributed by atoms with van der Waals surface area (Å²) >= 11 is 0. The molecule has 2 aromatic carbocycles. The van der Waals surface area contributed by atoms with Gasteiger partial charge in [0.05, 0.1) is 13.2 Å². The maximum absolute atomic E-state index is 12.8. The highest BCUT2D eigenvalue weighted by Crippen LogP contribution is 2.14. The quantitative estimate of drug-likeness (QED) is 0.760. The molecule has 0 saturated carbocycles. The van der Waals surface area contributed by atoms with Crippen molar-refractivity contribution in [2.45, 2.75) is 20.1 Å². The van der Waals surface area contributed by atoms with Crippen molar-refractivity contribution in [3.8, 4) is 5.75 Å². The Labute approximate surface area is 135 Å². The topological polar surface area (TPSA) is 47.6 Å². The lowest BCUT2D eigenvalue weighted by molar-refractivity contribution is -0.142. The molecular weight excluding hydrogens is 297 g/mol. The molecule has 0 aliphatic carbocycles. The van der Waals surface area contributed by atoms with E-state index in [0.717, 1.165) is 16.9 Å². The van der Waals surface area contributed by atoms with Crippen LogP contribution in [-0.4, -0.2) is 19.1 Å². The van der Waals surface area contributed by atoms with Crippen LogP contribution in [0.2, 0.25) is 0 Å². The number of hydrogen-bond donors (Lipinski definition) is 1. The molecule has 0 spiro atoms. The van der Waals surface area contributed by atoms with Crippen LogP contribution in [0.5, 0.6) is 5.75 Å². The van der Waals surface area contributed by atoms with Crippen molar-refractivity contribution < 1.29 is 18.7 Å². The first-order chi connectivity index (χ1) is 11.2. The molecule has 0 aromatic heterocycles. The van der Waals surface area contributed by atoms with E-state index in [0.29, 0.717) is 19.8 Å². The number of benzene rings is 2. The fourth-order valence-electron chi connectivity index (χ4n) is 1.97. The standard InChI is InChI=1S/C18H20FNO3/c1-2-22-18(21)12-20-11-14-5-9-17(10-6-14)23-13-15-3-7-16(19)8-4-15/h3-10,20H,2,11-13H2,1H3. The Morgan fingerprint density at radius 3 is 2.35 bits per heavy atom. The maximum atomic E-state index is 12.8. The SMILES string of the molecule is CCOC(=O)CNCc1ccc(OCc2ccc(F)cc2)cc1. The Bertz CT molecular complexity index is 611. The van der Waals surface area contributed by atoms with Gasteiger partial charge in [-0.15, -0.1) is 0 Å². The van der Waals surface area contributed by atoms with E-state index in [-0.39, 0.29) is 18.3 Å². The van der Waals surface area contributed by atoms with Crippen molar-refractivity contribution in [2.75, 3.05) is 13.2 Å². The second kappa shape index (κ2) is 8.90. The number of rotatable bonds is 8. The molecule has 0 amide bonds. The minimum Gasteiger partial charge on any atom is -0.489 e. The summed E-state index contributed by atoms with van der Waals surface area (Å²) in [5, 5.41) is 3.02. The molecule has 0 heterocycles. The molecule has 0 radical (unpaired) electrons. The second-order valence-corrected chi connectivity index (χ2v) is 4.97. The highest BCUT2D eigenvalue weighted by molar-refractivity contribution is 5.71. The molecule has 0 unspecified atom stereocenters. The summed E-state index contributed by atoms with van der Waals surface area (Å²) in [6.07, 6.45) is 0. The Balaban J connectivity index is 1.75. The van der Waals surface area contributed by atoms with Crippen molar-refractivity contribution in [1.29, 1.82) is 0 Å². The van der Waals surface area contributed by atoms with Gasteiger partial charge in [-0.1, -0.05) is 24.3 Å². The average Bonchev–Trinajstić information content (AvgIpc) is 2.56. The van der Waals surface area contributed by atoms with E-state index in [9.17, 15) is 9.18 Å². The van der Waals surface area contributed by atoms with Crippen LogP contribution >= 0.6 is 0 Å². The normalized spacial score (nSPS) is 10.3. The largest absolute Gasteiger partial charge is 0.489 e. The van der Waals surface area contributed by atoms with Gasteiger partial charge in [0.25, 0.3) is 0 Å². The van der Waals surface area contributed by atoms with Crippen molar-refractivity contribution in [3.05, 3.63) is 65.5 Å². The first kappa shape index (κ1) is 17.0. The predicted molar refractivity (Wildman–Crippen MR) is 85.5 cm³/mol. The summed E-state index contributed by atoms with van der Waals surface area (Å²) in [6.45, 7) is 3.33. The smallest absolute Gasteiger partial charge is 0.319 e. The van der Waals surface area contributed by atoms with Crippen molar-refractivity contribution in [1.82, 2.24) is 5.32 Å². The molecule has 0 saturated heterocycles. The average molecular weight is 317 g/mol. The Morgan fingerprint density at radius 2 is 1.70 bits per heavy atom. The number of halogens is 1. The van der Waals surface area contributed by atoms with Crippen LogP contribution in [-0.2, 0) is 22.7 Å². The summed E-state index contributed by atoms with van der Waals surface area (Å²) in [5.74, 6) is 0.226. The summed E-state index contributed by atoms with van der Waals surface area (Å²) in [6, 6.07) is 13.8. The number of hydrogen-bond acceptors (Lipinski definition) is 4. The molecular formula is C18H20FNO3. The minimum atomic E-state index is -0.258. The van der Waals surface area contributed by atoms with Gasteiger partial charge < -0.3 is 14.8 Å². The van der Waals surface area contributed by atoms with Gasteiger partial charge in [-0.3, -0.25) is 4.79 Å². The summed E-state index contributed by atoms with van der Waals surface area (Å²) in [5.41, 5.74) is 1.95. The van der Waals surface area contributed by atoms with Gasteiger partial charge in [0.15, 0.2) is 0 Å². The maximum Gasteiger partial charge on any atom is 0.319 e. The second-order valence-electron chi connectivity index (χ2n) is 4.97. The molecule has 0 atom stereocenters. The van der Waals surface area contributed by atoms with E-state index in [1.165, 1.54) is 12.1 Å². The molecule has 1 N–H and O–H groups in total. The highest BCUT2D eigenvalue weighted by atomic mass is 19.1. The van der Waals surface area contributed by atoms with Gasteiger partial charge in [0.2, 0.25) is 0 Å². The number of ether oxygens (including phenoxy) is 2. The van der Waals surface area contributed by atoms with Crippen molar-refractivity contribution in [2.24, 2.45) is 0 Å². The van der Waals surface area contributed by atoms with E-state index in [4.69, 9.17) is 9.47 Å². The number of nitrogens with one attached hydrogen (secondary N) is 1. The summed E-state index contributed by atoms with van der Waals surface area (Å²) < 4.78 is 23.3. The third kappa shape index (κ3) is 6.08. The number of carbonyl (C=O) groups excluding carboxylic acids is 1. The van der Waals surface area contributed by atoms with Gasteiger partial charge in [-0.2, -0.15) is 0 Å². The molecule has 122 valence electrons. The van der Waals surface area contributed by atoms with E-state index in [2.05, 4.69) is 5.32 Å². The summed E-state index contributed by atoms with van der Waals surface area (Å²) in [7, 11) is 0. The number of esters is 1. The first-order valence-corrected chi connectivity index (χ1v) is 7.50. The highest BCUT2D eigenvalue weighted by Gasteiger charge is 2.01. The molecule has 2 rings (SSSR count). The van der Waals surface area contributed by atoms with E-state index < -0.39 is 0 Å². The van der Waals surface area contributed by atoms with Crippen molar-refractivity contribution in [3.63, 3.8) is 0 Å². The monoisotopic (exact) mass is 317 g/mol. The molecule has 4 nitrogen and oxygen atoms in total. The van der Waals surface area contributed by atoms with Gasteiger partial charge in [0.1, 0.15) is 18.2 Å². The lowest BCUT2D eigenvalue weighted by Gasteiger charge is -2.08. The van der Waals surface area contributed by atoms with Gasteiger partial charge in [0, 0.05) is 6.54 Å². The fourth-order valence-corrected chi connectivity index (χ4v) is 1.97. The van der Waals surface area contributed by atoms with Gasteiger partial charge >= 0.3 is 5.97 Å². The molecule has 0 fully saturated rings. The first-order valence-electron chi connectivity index (χ1n) is 7.50. The number of carbonyl (C=O) groups is 1. The third-order valence-electron chi connectivity index (χ3n) is 3.15. The molecule has 5 heteroatoms. The minimum absolute atomic E-state index is 0.191. The molecule has 2 aromatic rings. The zero-order valence-electron chi connectivity index (χ0n) is 13.0. The van der Waals surface area contributed by atoms with Crippen LogP contribution in [0.4, 0.5) is 4.39 Å². The van der Waals surface area contributed by atoms with Gasteiger partial charge in [-0.05, 0) is 42.3 Å². The Morgan fingerprint density at radius 1 is 1.04 bits per heavy atom. The van der Waals surface area contributed by atoms with E-state index in [1.807, 2.05) is 24.3 Å². The van der Waals surface area contributed by atoms with Crippen LogP contribution in [0.25, 0.3) is 0 Å². The van der Waals surface area contributed by atoms with Crippen LogP contribution in [0, 0.1) is 5.82 Å². The van der Waals surface area contributed by atoms with E-state index >= 15 is 0 Å². The van der Waals surface area contributed by atoms with Gasteiger partial charge in [-0.25, -0.2) is 4.39 Å². The zero-order valence-corrected chi connectivity index (χ0v) is 13.0. The van der Waals surface area contributed by atoms with Crippen LogP contribution < -0.4 is 10.1 Å². The fraction of sp³-hybridized carbons (Fsp3) is 0.278. The molecule has 0 aliphatic heterocycles. The molecule has 23 heavy (non-hydrogen) atoms. The zero-order chi connectivity index (χ0) is 16.5. The lowest BCUT2D eigenvalue weighted by Crippen LogP contribution is -2.24. The van der Waals surface area contributed by atoms with Crippen LogP contribution in [0.15, 0.2) is 48.5 Å². The van der Waals surface area contributed by atoms with Crippen molar-refractivity contribution >= 4 is 5.97 Å². The Kier molecular flexibility index (Phi) is 6.56. The third-order valence-corrected chi connectivity index (χ3v) is 3.15. The predicted octanol–water partition coefficient (Wildman–Crippen LogP) is 3.06.